The van der Waals surface area contributed by atoms with Gasteiger partial charge in [0, 0.05) is 39.1 Å². The van der Waals surface area contributed by atoms with E-state index in [1.54, 1.807) is 25.6 Å². The van der Waals surface area contributed by atoms with Crippen molar-refractivity contribution in [2.45, 2.75) is 32.0 Å². The van der Waals surface area contributed by atoms with Crippen LogP contribution in [0.2, 0.25) is 0 Å². The van der Waals surface area contributed by atoms with Gasteiger partial charge in [0.25, 0.3) is 0 Å². The molecule has 0 aliphatic heterocycles. The number of imidazole rings is 1. The van der Waals surface area contributed by atoms with Crippen LogP contribution in [0.15, 0.2) is 48.0 Å². The molecule has 27 heavy (non-hydrogen) atoms. The molecule has 2 N–H and O–H groups in total. The van der Waals surface area contributed by atoms with Gasteiger partial charge in [-0.15, -0.1) is 24.0 Å². The van der Waals surface area contributed by atoms with Crippen molar-refractivity contribution in [2.24, 2.45) is 4.99 Å². The molecule has 2 aromatic rings. The fourth-order valence-electron chi connectivity index (χ4n) is 2.54. The first kappa shape index (κ1) is 23.3. The summed E-state index contributed by atoms with van der Waals surface area (Å²) in [7, 11) is 1.68. The van der Waals surface area contributed by atoms with E-state index in [0.717, 1.165) is 12.6 Å². The Morgan fingerprint density at radius 3 is 2.63 bits per heavy atom. The molecular weight excluding hydrogens is 470 g/mol. The molecule has 2 rings (SSSR count). The zero-order valence-electron chi connectivity index (χ0n) is 15.3. The van der Waals surface area contributed by atoms with Crippen LogP contribution in [-0.4, -0.2) is 35.6 Å². The van der Waals surface area contributed by atoms with Gasteiger partial charge in [-0.25, -0.2) is 4.98 Å². The standard InChI is InChI=1S/C18H24F3N5.HI/c1-14(15-4-3-5-16(12-15)18(19,20)21)6-7-24-17(22-2)25-9-11-26-10-8-23-13-26;/h3-5,8,10,12-14H,6-7,9,11H2,1-2H3,(H2,22,24,25);1H. The van der Waals surface area contributed by atoms with Gasteiger partial charge >= 0.3 is 6.18 Å². The van der Waals surface area contributed by atoms with Crippen molar-refractivity contribution < 1.29 is 13.2 Å². The van der Waals surface area contributed by atoms with Crippen LogP contribution >= 0.6 is 24.0 Å². The fourth-order valence-corrected chi connectivity index (χ4v) is 2.54. The topological polar surface area (TPSA) is 54.2 Å². The van der Waals surface area contributed by atoms with Crippen LogP contribution < -0.4 is 10.6 Å². The molecule has 5 nitrogen and oxygen atoms in total. The summed E-state index contributed by atoms with van der Waals surface area (Å²) >= 11 is 0. The molecule has 0 bridgehead atoms. The van der Waals surface area contributed by atoms with Crippen molar-refractivity contribution in [1.29, 1.82) is 0 Å². The summed E-state index contributed by atoms with van der Waals surface area (Å²) in [6.45, 7) is 4.00. The highest BCUT2D eigenvalue weighted by molar-refractivity contribution is 14.0. The van der Waals surface area contributed by atoms with Crippen LogP contribution in [0.1, 0.15) is 30.4 Å². The maximum atomic E-state index is 12.8. The first-order valence-corrected chi connectivity index (χ1v) is 8.47. The lowest BCUT2D eigenvalue weighted by atomic mass is 9.96. The molecule has 150 valence electrons. The van der Waals surface area contributed by atoms with Crippen LogP contribution in [0.4, 0.5) is 13.2 Å². The van der Waals surface area contributed by atoms with Crippen molar-refractivity contribution in [3.63, 3.8) is 0 Å². The second kappa shape index (κ2) is 11.2. The normalized spacial score (nSPS) is 13.0. The third-order valence-corrected chi connectivity index (χ3v) is 4.10. The Hall–Kier alpha value is -1.78. The van der Waals surface area contributed by atoms with Gasteiger partial charge in [-0.3, -0.25) is 4.99 Å². The Labute approximate surface area is 174 Å². The molecule has 0 amide bonds. The predicted molar refractivity (Wildman–Crippen MR) is 111 cm³/mol. The van der Waals surface area contributed by atoms with Gasteiger partial charge in [-0.1, -0.05) is 25.1 Å². The van der Waals surface area contributed by atoms with Crippen molar-refractivity contribution in [2.75, 3.05) is 20.1 Å². The maximum absolute atomic E-state index is 12.8. The number of benzene rings is 1. The van der Waals surface area contributed by atoms with Crippen LogP contribution in [0.25, 0.3) is 0 Å². The zero-order chi connectivity index (χ0) is 19.0. The lowest BCUT2D eigenvalue weighted by molar-refractivity contribution is -0.137. The Morgan fingerprint density at radius 1 is 1.26 bits per heavy atom. The molecule has 1 atom stereocenters. The Bertz CT molecular complexity index is 701. The summed E-state index contributed by atoms with van der Waals surface area (Å²) in [6, 6.07) is 5.51. The number of halogens is 4. The molecule has 0 fully saturated rings. The third-order valence-electron chi connectivity index (χ3n) is 4.10. The average Bonchev–Trinajstić information content (AvgIpc) is 3.13. The van der Waals surface area contributed by atoms with E-state index < -0.39 is 11.7 Å². The Balaban J connectivity index is 0.00000364. The number of hydrogen-bond donors (Lipinski definition) is 2. The average molecular weight is 495 g/mol. The highest BCUT2D eigenvalue weighted by atomic mass is 127. The van der Waals surface area contributed by atoms with E-state index in [9.17, 15) is 13.2 Å². The number of nitrogens with zero attached hydrogens (tertiary/aromatic N) is 3. The fraction of sp³-hybridized carbons (Fsp3) is 0.444. The van der Waals surface area contributed by atoms with Gasteiger partial charge in [-0.05, 0) is 24.0 Å². The summed E-state index contributed by atoms with van der Waals surface area (Å²) in [5.41, 5.74) is 0.0801. The maximum Gasteiger partial charge on any atom is 0.416 e. The van der Waals surface area contributed by atoms with Crippen LogP contribution in [0.3, 0.4) is 0 Å². The molecule has 1 heterocycles. The van der Waals surface area contributed by atoms with Crippen LogP contribution in [-0.2, 0) is 12.7 Å². The number of alkyl halides is 3. The van der Waals surface area contributed by atoms with Crippen LogP contribution in [0, 0.1) is 0 Å². The van der Waals surface area contributed by atoms with Gasteiger partial charge in [0.05, 0.1) is 11.9 Å². The second-order valence-corrected chi connectivity index (χ2v) is 6.04. The van der Waals surface area contributed by atoms with Crippen molar-refractivity contribution in [3.05, 3.63) is 54.1 Å². The number of hydrogen-bond acceptors (Lipinski definition) is 2. The number of nitrogens with one attached hydrogen (secondary N) is 2. The minimum absolute atomic E-state index is 0. The Morgan fingerprint density at radius 2 is 2.00 bits per heavy atom. The molecule has 0 aliphatic rings. The van der Waals surface area contributed by atoms with Gasteiger partial charge in [0.1, 0.15) is 0 Å². The minimum atomic E-state index is -4.31. The van der Waals surface area contributed by atoms with Gasteiger partial charge in [0.15, 0.2) is 5.96 Å². The van der Waals surface area contributed by atoms with Gasteiger partial charge in [-0.2, -0.15) is 13.2 Å². The number of aliphatic imine (C=N–C) groups is 1. The van der Waals surface area contributed by atoms with Crippen molar-refractivity contribution >= 4 is 29.9 Å². The minimum Gasteiger partial charge on any atom is -0.356 e. The molecule has 0 radical (unpaired) electrons. The van der Waals surface area contributed by atoms with Gasteiger partial charge < -0.3 is 15.2 Å². The first-order chi connectivity index (χ1) is 12.4. The first-order valence-electron chi connectivity index (χ1n) is 8.47. The SMILES string of the molecule is CN=C(NCCC(C)c1cccc(C(F)(F)F)c1)NCCn1ccnc1.I. The summed E-state index contributed by atoms with van der Waals surface area (Å²) < 4.78 is 40.4. The molecule has 0 aliphatic carbocycles. The van der Waals surface area contributed by atoms with E-state index in [4.69, 9.17) is 0 Å². The van der Waals surface area contributed by atoms with E-state index in [0.29, 0.717) is 31.0 Å². The molecule has 1 unspecified atom stereocenters. The van der Waals surface area contributed by atoms with Gasteiger partial charge in [0.2, 0.25) is 0 Å². The Kier molecular flexibility index (Phi) is 9.61. The molecule has 1 aromatic carbocycles. The highest BCUT2D eigenvalue weighted by Gasteiger charge is 2.30. The summed E-state index contributed by atoms with van der Waals surface area (Å²) in [6.07, 6.45) is 1.74. The third kappa shape index (κ3) is 7.77. The van der Waals surface area contributed by atoms with E-state index >= 15 is 0 Å². The summed E-state index contributed by atoms with van der Waals surface area (Å²) in [5.74, 6) is 0.676. The molecule has 1 aromatic heterocycles. The smallest absolute Gasteiger partial charge is 0.356 e. The molecule has 0 saturated heterocycles. The number of aromatic nitrogens is 2. The quantitative estimate of drug-likeness (QED) is 0.349. The number of rotatable bonds is 7. The van der Waals surface area contributed by atoms with Crippen LogP contribution in [0.5, 0.6) is 0 Å². The van der Waals surface area contributed by atoms with Crippen molar-refractivity contribution in [1.82, 2.24) is 20.2 Å². The largest absolute Gasteiger partial charge is 0.416 e. The molecule has 9 heteroatoms. The number of guanidine groups is 1. The van der Waals surface area contributed by atoms with E-state index in [-0.39, 0.29) is 29.9 Å². The lowest BCUT2D eigenvalue weighted by Gasteiger charge is -2.16. The predicted octanol–water partition coefficient (Wildman–Crippen LogP) is 3.88. The van der Waals surface area contributed by atoms with Crippen molar-refractivity contribution in [3.8, 4) is 0 Å². The second-order valence-electron chi connectivity index (χ2n) is 6.04. The van der Waals surface area contributed by atoms with E-state index in [1.807, 2.05) is 17.7 Å². The zero-order valence-corrected chi connectivity index (χ0v) is 17.7. The summed E-state index contributed by atoms with van der Waals surface area (Å²) in [4.78, 5) is 8.12. The monoisotopic (exact) mass is 495 g/mol. The highest BCUT2D eigenvalue weighted by Crippen LogP contribution is 2.31. The summed E-state index contributed by atoms with van der Waals surface area (Å²) in [5, 5.41) is 6.38. The molecular formula is C18H25F3IN5. The lowest BCUT2D eigenvalue weighted by Crippen LogP contribution is -2.39. The molecule has 0 saturated carbocycles. The van der Waals surface area contributed by atoms with E-state index in [1.165, 1.54) is 12.1 Å². The van der Waals surface area contributed by atoms with E-state index in [2.05, 4.69) is 20.6 Å². The molecule has 0 spiro atoms.